The van der Waals surface area contributed by atoms with Gasteiger partial charge in [-0.15, -0.1) is 0 Å². The molecule has 0 aliphatic rings. The van der Waals surface area contributed by atoms with Crippen LogP contribution in [-0.2, 0) is 4.79 Å². The molecule has 2 nitrogen and oxygen atoms in total. The van der Waals surface area contributed by atoms with Gasteiger partial charge in [-0.05, 0) is 19.8 Å². The van der Waals surface area contributed by atoms with Crippen molar-refractivity contribution < 1.29 is 9.90 Å². The summed E-state index contributed by atoms with van der Waals surface area (Å²) < 4.78 is 0. The van der Waals surface area contributed by atoms with Gasteiger partial charge >= 0.3 is 5.97 Å². The summed E-state index contributed by atoms with van der Waals surface area (Å²) >= 11 is 0. The minimum absolute atomic E-state index is 0.290. The molecule has 0 rings (SSSR count). The van der Waals surface area contributed by atoms with Gasteiger partial charge in [0.25, 0.3) is 0 Å². The Kier molecular flexibility index (Phi) is 6.46. The summed E-state index contributed by atoms with van der Waals surface area (Å²) in [6.45, 7) is 7.50. The maximum absolute atomic E-state index is 10.5. The number of allylic oxidation sites excluding steroid dienone is 5. The summed E-state index contributed by atoms with van der Waals surface area (Å²) in [7, 11) is 0. The first-order valence-corrected chi connectivity index (χ1v) is 4.78. The molecule has 0 aliphatic carbocycles. The monoisotopic (exact) mass is 194 g/mol. The van der Waals surface area contributed by atoms with E-state index in [0.717, 1.165) is 12.0 Å². The second kappa shape index (κ2) is 7.13. The lowest BCUT2D eigenvalue weighted by molar-refractivity contribution is -0.141. The van der Waals surface area contributed by atoms with Gasteiger partial charge in [0.2, 0.25) is 0 Å². The smallest absolute Gasteiger partial charge is 0.306 e. The first-order valence-electron chi connectivity index (χ1n) is 4.78. The molecule has 0 heterocycles. The van der Waals surface area contributed by atoms with Crippen LogP contribution in [0.1, 0.15) is 26.7 Å². The fraction of sp³-hybridized carbons (Fsp3) is 0.417. The largest absolute Gasteiger partial charge is 0.481 e. The van der Waals surface area contributed by atoms with Gasteiger partial charge in [0, 0.05) is 0 Å². The Morgan fingerprint density at radius 3 is 2.64 bits per heavy atom. The fourth-order valence-corrected chi connectivity index (χ4v) is 0.911. The molecule has 1 N–H and O–H groups in total. The summed E-state index contributed by atoms with van der Waals surface area (Å²) in [6, 6.07) is 0. The Labute approximate surface area is 85.6 Å². The molecule has 0 bridgehead atoms. The topological polar surface area (TPSA) is 37.3 Å². The van der Waals surface area contributed by atoms with E-state index in [-0.39, 0.29) is 5.92 Å². The molecular weight excluding hydrogens is 176 g/mol. The summed E-state index contributed by atoms with van der Waals surface area (Å²) in [6.07, 6.45) is 9.06. The minimum atomic E-state index is -0.741. The van der Waals surface area contributed by atoms with E-state index in [2.05, 4.69) is 6.58 Å². The van der Waals surface area contributed by atoms with Crippen LogP contribution >= 0.6 is 0 Å². The standard InChI is InChI=1S/C12H18O2/c1-4-5-6-7-10(2)8-9-11(3)12(13)14/h4-7,11H,2,8-9H2,1,3H3,(H,13,14)/b5-4-,7-6-. The first kappa shape index (κ1) is 12.7. The zero-order valence-electron chi connectivity index (χ0n) is 8.86. The van der Waals surface area contributed by atoms with Crippen molar-refractivity contribution in [1.82, 2.24) is 0 Å². The van der Waals surface area contributed by atoms with E-state index < -0.39 is 5.97 Å². The van der Waals surface area contributed by atoms with Crippen molar-refractivity contribution in [1.29, 1.82) is 0 Å². The van der Waals surface area contributed by atoms with Gasteiger partial charge in [-0.1, -0.05) is 43.4 Å². The van der Waals surface area contributed by atoms with Gasteiger partial charge in [-0.3, -0.25) is 4.79 Å². The third-order valence-corrected chi connectivity index (χ3v) is 1.96. The van der Waals surface area contributed by atoms with Gasteiger partial charge in [-0.25, -0.2) is 0 Å². The van der Waals surface area contributed by atoms with Crippen LogP contribution in [0.3, 0.4) is 0 Å². The maximum Gasteiger partial charge on any atom is 0.306 e. The van der Waals surface area contributed by atoms with E-state index in [9.17, 15) is 4.79 Å². The van der Waals surface area contributed by atoms with Crippen molar-refractivity contribution in [3.8, 4) is 0 Å². The second-order valence-electron chi connectivity index (χ2n) is 3.32. The fourth-order valence-electron chi connectivity index (χ4n) is 0.911. The summed E-state index contributed by atoms with van der Waals surface area (Å²) in [4.78, 5) is 10.5. The van der Waals surface area contributed by atoms with E-state index in [1.807, 2.05) is 31.2 Å². The Bertz CT molecular complexity index is 249. The highest BCUT2D eigenvalue weighted by Crippen LogP contribution is 2.11. The SMILES string of the molecule is C=C(/C=C\C=C/C)CCC(C)C(=O)O. The molecule has 0 saturated heterocycles. The predicted octanol–water partition coefficient (Wildman–Crippen LogP) is 3.18. The number of hydrogen-bond acceptors (Lipinski definition) is 1. The van der Waals surface area contributed by atoms with E-state index in [4.69, 9.17) is 5.11 Å². The van der Waals surface area contributed by atoms with E-state index in [1.165, 1.54) is 0 Å². The third-order valence-electron chi connectivity index (χ3n) is 1.96. The van der Waals surface area contributed by atoms with Crippen molar-refractivity contribution in [2.45, 2.75) is 26.7 Å². The molecule has 0 radical (unpaired) electrons. The molecular formula is C12H18O2. The first-order chi connectivity index (χ1) is 6.57. The van der Waals surface area contributed by atoms with Gasteiger partial charge in [0.1, 0.15) is 0 Å². The quantitative estimate of drug-likeness (QED) is 0.659. The number of carbonyl (C=O) groups is 1. The molecule has 0 aromatic carbocycles. The van der Waals surface area contributed by atoms with Crippen LogP contribution in [0.2, 0.25) is 0 Å². The normalized spacial score (nSPS) is 13.6. The van der Waals surface area contributed by atoms with Gasteiger partial charge in [0.05, 0.1) is 5.92 Å². The lowest BCUT2D eigenvalue weighted by Crippen LogP contribution is -2.08. The second-order valence-corrected chi connectivity index (χ2v) is 3.32. The van der Waals surface area contributed by atoms with E-state index in [0.29, 0.717) is 6.42 Å². The van der Waals surface area contributed by atoms with Crippen LogP contribution in [-0.4, -0.2) is 11.1 Å². The van der Waals surface area contributed by atoms with Crippen molar-refractivity contribution in [3.63, 3.8) is 0 Å². The van der Waals surface area contributed by atoms with Crippen LogP contribution < -0.4 is 0 Å². The average Bonchev–Trinajstić information content (AvgIpc) is 2.14. The molecule has 0 saturated carbocycles. The molecule has 0 amide bonds. The van der Waals surface area contributed by atoms with Crippen LogP contribution in [0.25, 0.3) is 0 Å². The van der Waals surface area contributed by atoms with Gasteiger partial charge < -0.3 is 5.11 Å². The summed E-state index contributed by atoms with van der Waals surface area (Å²) in [5.74, 6) is -1.03. The highest BCUT2D eigenvalue weighted by molar-refractivity contribution is 5.69. The van der Waals surface area contributed by atoms with E-state index >= 15 is 0 Å². The van der Waals surface area contributed by atoms with Gasteiger partial charge in [0.15, 0.2) is 0 Å². The Morgan fingerprint density at radius 2 is 2.14 bits per heavy atom. The highest BCUT2D eigenvalue weighted by atomic mass is 16.4. The third kappa shape index (κ3) is 6.23. The number of carboxylic acid groups (broad SMARTS) is 1. The summed E-state index contributed by atoms with van der Waals surface area (Å²) in [5, 5.41) is 8.65. The molecule has 1 atom stereocenters. The predicted molar refractivity (Wildman–Crippen MR) is 59.1 cm³/mol. The Balaban J connectivity index is 3.80. The molecule has 0 fully saturated rings. The summed E-state index contributed by atoms with van der Waals surface area (Å²) in [5.41, 5.74) is 0.969. The number of rotatable bonds is 6. The van der Waals surface area contributed by atoms with Crippen LogP contribution in [0, 0.1) is 5.92 Å². The molecule has 0 aromatic rings. The van der Waals surface area contributed by atoms with Crippen molar-refractivity contribution in [2.75, 3.05) is 0 Å². The van der Waals surface area contributed by atoms with Crippen molar-refractivity contribution in [3.05, 3.63) is 36.5 Å². The number of hydrogen-bond donors (Lipinski definition) is 1. The van der Waals surface area contributed by atoms with Crippen molar-refractivity contribution in [2.24, 2.45) is 5.92 Å². The van der Waals surface area contributed by atoms with Gasteiger partial charge in [-0.2, -0.15) is 0 Å². The number of carboxylic acids is 1. The van der Waals surface area contributed by atoms with Crippen LogP contribution in [0.4, 0.5) is 0 Å². The average molecular weight is 194 g/mol. The molecule has 2 heteroatoms. The molecule has 14 heavy (non-hydrogen) atoms. The van der Waals surface area contributed by atoms with Crippen LogP contribution in [0.5, 0.6) is 0 Å². The maximum atomic E-state index is 10.5. The van der Waals surface area contributed by atoms with Crippen LogP contribution in [0.15, 0.2) is 36.5 Å². The molecule has 0 aromatic heterocycles. The van der Waals surface area contributed by atoms with E-state index in [1.54, 1.807) is 6.92 Å². The molecule has 0 spiro atoms. The van der Waals surface area contributed by atoms with Crippen molar-refractivity contribution >= 4 is 5.97 Å². The number of aliphatic carboxylic acids is 1. The lowest BCUT2D eigenvalue weighted by Gasteiger charge is -2.04. The molecule has 1 unspecified atom stereocenters. The Morgan fingerprint density at radius 1 is 1.50 bits per heavy atom. The molecule has 0 aliphatic heterocycles. The molecule has 78 valence electrons. The minimum Gasteiger partial charge on any atom is -0.481 e. The zero-order valence-corrected chi connectivity index (χ0v) is 8.86. The Hall–Kier alpha value is -1.31. The highest BCUT2D eigenvalue weighted by Gasteiger charge is 2.09. The zero-order chi connectivity index (χ0) is 11.0. The lowest BCUT2D eigenvalue weighted by atomic mass is 10.0.